The lowest BCUT2D eigenvalue weighted by Gasteiger charge is -2.40. The minimum absolute atomic E-state index is 0.852. The SMILES string of the molecule is C1=C[C@H]2CC[C@@H]1[C@H]1CN(c3ccc4ccccc4c3)C[C@H]12. The van der Waals surface area contributed by atoms with Crippen LogP contribution in [-0.4, -0.2) is 13.1 Å². The quantitative estimate of drug-likeness (QED) is 0.693. The zero-order valence-corrected chi connectivity index (χ0v) is 12.3. The third-order valence-corrected chi connectivity index (χ3v) is 6.05. The van der Waals surface area contributed by atoms with Crippen LogP contribution in [-0.2, 0) is 0 Å². The molecule has 1 heterocycles. The standard InChI is InChI=1S/C20H21N/c1-2-4-17-11-18(10-9-14(17)3-1)21-12-19-15-5-6-16(8-7-15)20(19)13-21/h1-6,9-11,15-16,19-20H,7-8,12-13H2/t15-,16+,19-,20+. The average molecular weight is 275 g/mol. The number of anilines is 1. The van der Waals surface area contributed by atoms with Crippen molar-refractivity contribution in [3.63, 3.8) is 0 Å². The van der Waals surface area contributed by atoms with Gasteiger partial charge in [0.2, 0.25) is 0 Å². The molecule has 0 unspecified atom stereocenters. The Morgan fingerprint density at radius 1 is 0.762 bits per heavy atom. The third kappa shape index (κ3) is 1.76. The molecule has 21 heavy (non-hydrogen) atoms. The first-order chi connectivity index (χ1) is 10.4. The highest BCUT2D eigenvalue weighted by molar-refractivity contribution is 5.85. The first kappa shape index (κ1) is 11.9. The Balaban J connectivity index is 1.48. The molecule has 2 aromatic carbocycles. The molecule has 2 bridgehead atoms. The van der Waals surface area contributed by atoms with Gasteiger partial charge in [-0.2, -0.15) is 0 Å². The van der Waals surface area contributed by atoms with E-state index in [1.807, 2.05) is 0 Å². The van der Waals surface area contributed by atoms with Gasteiger partial charge in [0.05, 0.1) is 0 Å². The van der Waals surface area contributed by atoms with Crippen LogP contribution >= 0.6 is 0 Å². The smallest absolute Gasteiger partial charge is 0.0372 e. The van der Waals surface area contributed by atoms with E-state index in [1.165, 1.54) is 42.4 Å². The third-order valence-electron chi connectivity index (χ3n) is 6.05. The van der Waals surface area contributed by atoms with E-state index in [0.717, 1.165) is 23.7 Å². The fourth-order valence-electron chi connectivity index (χ4n) is 4.92. The molecule has 0 radical (unpaired) electrons. The summed E-state index contributed by atoms with van der Waals surface area (Å²) >= 11 is 0. The Morgan fingerprint density at radius 2 is 1.43 bits per heavy atom. The summed E-state index contributed by atoms with van der Waals surface area (Å²) in [4.78, 5) is 2.64. The van der Waals surface area contributed by atoms with E-state index in [-0.39, 0.29) is 0 Å². The maximum Gasteiger partial charge on any atom is 0.0372 e. The summed E-state index contributed by atoms with van der Waals surface area (Å²) in [6.45, 7) is 2.52. The predicted octanol–water partition coefficient (Wildman–Crippen LogP) is 4.49. The molecule has 1 saturated heterocycles. The van der Waals surface area contributed by atoms with Crippen molar-refractivity contribution < 1.29 is 0 Å². The molecule has 0 spiro atoms. The van der Waals surface area contributed by atoms with Gasteiger partial charge in [-0.3, -0.25) is 0 Å². The van der Waals surface area contributed by atoms with Gasteiger partial charge in [0, 0.05) is 18.8 Å². The monoisotopic (exact) mass is 275 g/mol. The molecule has 6 rings (SSSR count). The number of rotatable bonds is 1. The maximum atomic E-state index is 2.64. The number of nitrogens with zero attached hydrogens (tertiary/aromatic N) is 1. The van der Waals surface area contributed by atoms with Crippen molar-refractivity contribution in [3.8, 4) is 0 Å². The van der Waals surface area contributed by atoms with Crippen LogP contribution in [0.1, 0.15) is 12.8 Å². The summed E-state index contributed by atoms with van der Waals surface area (Å²) in [5.74, 6) is 3.51. The van der Waals surface area contributed by atoms with Crippen LogP contribution < -0.4 is 4.90 Å². The zero-order chi connectivity index (χ0) is 13.8. The van der Waals surface area contributed by atoms with Crippen molar-refractivity contribution >= 4 is 16.5 Å². The summed E-state index contributed by atoms with van der Waals surface area (Å²) in [7, 11) is 0. The average Bonchev–Trinajstić information content (AvgIpc) is 3.03. The van der Waals surface area contributed by atoms with Gasteiger partial charge in [-0.25, -0.2) is 0 Å². The molecular formula is C20H21N. The van der Waals surface area contributed by atoms with Crippen molar-refractivity contribution in [1.82, 2.24) is 0 Å². The van der Waals surface area contributed by atoms with Gasteiger partial charge in [-0.1, -0.05) is 42.5 Å². The molecule has 4 atom stereocenters. The molecule has 3 aliphatic carbocycles. The van der Waals surface area contributed by atoms with Crippen molar-refractivity contribution in [2.75, 3.05) is 18.0 Å². The first-order valence-corrected chi connectivity index (χ1v) is 8.30. The van der Waals surface area contributed by atoms with Gasteiger partial charge in [-0.15, -0.1) is 0 Å². The molecule has 1 heteroatoms. The van der Waals surface area contributed by atoms with E-state index < -0.39 is 0 Å². The van der Waals surface area contributed by atoms with Crippen molar-refractivity contribution in [1.29, 1.82) is 0 Å². The Kier molecular flexibility index (Phi) is 2.46. The summed E-state index contributed by atoms with van der Waals surface area (Å²) < 4.78 is 0. The molecular weight excluding hydrogens is 254 g/mol. The summed E-state index contributed by atoms with van der Waals surface area (Å²) in [6.07, 6.45) is 7.88. The Morgan fingerprint density at radius 3 is 2.10 bits per heavy atom. The van der Waals surface area contributed by atoms with Crippen LogP contribution in [0.3, 0.4) is 0 Å². The van der Waals surface area contributed by atoms with Gasteiger partial charge in [-0.05, 0) is 59.4 Å². The highest BCUT2D eigenvalue weighted by atomic mass is 15.2. The molecule has 106 valence electrons. The number of hydrogen-bond acceptors (Lipinski definition) is 1. The number of allylic oxidation sites excluding steroid dienone is 2. The molecule has 0 amide bonds. The second-order valence-corrected chi connectivity index (χ2v) is 7.05. The fraction of sp³-hybridized carbons (Fsp3) is 0.400. The van der Waals surface area contributed by atoms with Gasteiger partial charge < -0.3 is 4.90 Å². The van der Waals surface area contributed by atoms with Crippen LogP contribution in [0.2, 0.25) is 0 Å². The van der Waals surface area contributed by atoms with Crippen LogP contribution in [0.25, 0.3) is 10.8 Å². The van der Waals surface area contributed by atoms with E-state index in [4.69, 9.17) is 0 Å². The lowest BCUT2D eigenvalue weighted by Crippen LogP contribution is -2.35. The van der Waals surface area contributed by atoms with Crippen LogP contribution in [0.4, 0.5) is 5.69 Å². The van der Waals surface area contributed by atoms with Crippen molar-refractivity contribution in [2.24, 2.45) is 23.7 Å². The topological polar surface area (TPSA) is 3.24 Å². The Labute approximate surface area is 126 Å². The van der Waals surface area contributed by atoms with Crippen LogP contribution in [0.5, 0.6) is 0 Å². The van der Waals surface area contributed by atoms with Crippen LogP contribution in [0.15, 0.2) is 54.6 Å². The van der Waals surface area contributed by atoms with Crippen molar-refractivity contribution in [2.45, 2.75) is 12.8 Å². The predicted molar refractivity (Wildman–Crippen MR) is 88.5 cm³/mol. The lowest BCUT2D eigenvalue weighted by atomic mass is 9.64. The van der Waals surface area contributed by atoms with Gasteiger partial charge in [0.1, 0.15) is 0 Å². The minimum atomic E-state index is 0.852. The maximum absolute atomic E-state index is 2.64. The van der Waals surface area contributed by atoms with Crippen LogP contribution in [0, 0.1) is 23.7 Å². The molecule has 4 aliphatic rings. The Bertz CT molecular complexity index is 695. The molecule has 2 fully saturated rings. The second-order valence-electron chi connectivity index (χ2n) is 7.05. The lowest BCUT2D eigenvalue weighted by molar-refractivity contribution is 0.169. The Hall–Kier alpha value is -1.76. The van der Waals surface area contributed by atoms with Gasteiger partial charge in [0.25, 0.3) is 0 Å². The van der Waals surface area contributed by atoms with Gasteiger partial charge >= 0.3 is 0 Å². The number of fused-ring (bicyclic) bond motifs is 2. The summed E-state index contributed by atoms with van der Waals surface area (Å²) in [5.41, 5.74) is 1.42. The molecule has 0 aromatic heterocycles. The fourth-order valence-corrected chi connectivity index (χ4v) is 4.92. The first-order valence-electron chi connectivity index (χ1n) is 8.30. The van der Waals surface area contributed by atoms with E-state index in [2.05, 4.69) is 59.5 Å². The second kappa shape index (κ2) is 4.37. The minimum Gasteiger partial charge on any atom is -0.371 e. The molecule has 1 aliphatic heterocycles. The molecule has 2 aromatic rings. The number of hydrogen-bond donors (Lipinski definition) is 0. The van der Waals surface area contributed by atoms with Crippen molar-refractivity contribution in [3.05, 3.63) is 54.6 Å². The summed E-state index contributed by atoms with van der Waals surface area (Å²) in [6, 6.07) is 15.7. The van der Waals surface area contributed by atoms with E-state index >= 15 is 0 Å². The highest BCUT2D eigenvalue weighted by Crippen LogP contribution is 2.49. The van der Waals surface area contributed by atoms with E-state index in [0.29, 0.717) is 0 Å². The zero-order valence-electron chi connectivity index (χ0n) is 12.3. The molecule has 1 saturated carbocycles. The molecule has 1 nitrogen and oxygen atoms in total. The largest absolute Gasteiger partial charge is 0.371 e. The molecule has 0 N–H and O–H groups in total. The van der Waals surface area contributed by atoms with E-state index in [9.17, 15) is 0 Å². The highest BCUT2D eigenvalue weighted by Gasteiger charge is 2.45. The normalized spacial score (nSPS) is 33.6. The number of benzene rings is 2. The summed E-state index contributed by atoms with van der Waals surface area (Å²) in [5, 5.41) is 2.71. The van der Waals surface area contributed by atoms with Gasteiger partial charge in [0.15, 0.2) is 0 Å². The van der Waals surface area contributed by atoms with E-state index in [1.54, 1.807) is 0 Å².